The van der Waals surface area contributed by atoms with E-state index in [9.17, 15) is 9.59 Å². The summed E-state index contributed by atoms with van der Waals surface area (Å²) in [7, 11) is 0. The molecule has 1 amide bonds. The number of hydrogen-bond donors (Lipinski definition) is 2. The summed E-state index contributed by atoms with van der Waals surface area (Å²) in [6.07, 6.45) is 1.81. The maximum Gasteiger partial charge on any atom is 0.328 e. The smallest absolute Gasteiger partial charge is 0.328 e. The summed E-state index contributed by atoms with van der Waals surface area (Å²) >= 11 is 0. The Morgan fingerprint density at radius 1 is 1.40 bits per heavy atom. The second-order valence-electron chi connectivity index (χ2n) is 4.97. The predicted molar refractivity (Wildman–Crippen MR) is 74.9 cm³/mol. The number of benzene rings is 1. The highest BCUT2D eigenvalue weighted by Crippen LogP contribution is 2.06. The number of nitrogens with one attached hydrogen (secondary N) is 2. The highest BCUT2D eigenvalue weighted by molar-refractivity contribution is 5.87. The van der Waals surface area contributed by atoms with Gasteiger partial charge in [-0.15, -0.1) is 0 Å². The summed E-state index contributed by atoms with van der Waals surface area (Å²) < 4.78 is 5.18. The van der Waals surface area contributed by atoms with Gasteiger partial charge in [-0.25, -0.2) is 4.79 Å². The molecule has 0 aromatic heterocycles. The molecule has 1 heterocycles. The zero-order valence-corrected chi connectivity index (χ0v) is 11.6. The van der Waals surface area contributed by atoms with Gasteiger partial charge in [-0.1, -0.05) is 30.3 Å². The van der Waals surface area contributed by atoms with Crippen molar-refractivity contribution in [1.82, 2.24) is 10.6 Å². The Balaban J connectivity index is 1.75. The van der Waals surface area contributed by atoms with Crippen LogP contribution in [0.25, 0.3) is 0 Å². The number of carbonyl (C=O) groups excluding carboxylic acids is 2. The Morgan fingerprint density at radius 3 is 2.80 bits per heavy atom. The lowest BCUT2D eigenvalue weighted by atomic mass is 10.2. The number of rotatable bonds is 5. The molecule has 0 spiro atoms. The van der Waals surface area contributed by atoms with Crippen LogP contribution in [0.1, 0.15) is 25.3 Å². The maximum absolute atomic E-state index is 11.9. The second-order valence-corrected chi connectivity index (χ2v) is 4.97. The largest absolute Gasteiger partial charge is 0.459 e. The predicted octanol–water partition coefficient (Wildman–Crippen LogP) is 0.986. The third kappa shape index (κ3) is 4.06. The number of hydrogen-bond acceptors (Lipinski definition) is 4. The summed E-state index contributed by atoms with van der Waals surface area (Å²) in [5.74, 6) is -0.549. The van der Waals surface area contributed by atoms with Crippen molar-refractivity contribution in [2.45, 2.75) is 38.5 Å². The van der Waals surface area contributed by atoms with Crippen LogP contribution in [0.4, 0.5) is 0 Å². The minimum Gasteiger partial charge on any atom is -0.459 e. The highest BCUT2D eigenvalue weighted by Gasteiger charge is 2.25. The van der Waals surface area contributed by atoms with Gasteiger partial charge in [0.05, 0.1) is 6.04 Å². The third-order valence-corrected chi connectivity index (χ3v) is 3.31. The van der Waals surface area contributed by atoms with Crippen LogP contribution in [0.3, 0.4) is 0 Å². The van der Waals surface area contributed by atoms with Crippen molar-refractivity contribution < 1.29 is 14.3 Å². The SMILES string of the molecule is CC(NC(=O)C1CCCN1)C(=O)OCc1ccccc1. The van der Waals surface area contributed by atoms with Gasteiger partial charge in [0.2, 0.25) is 5.91 Å². The van der Waals surface area contributed by atoms with Crippen LogP contribution in [0.2, 0.25) is 0 Å². The molecule has 1 aliphatic heterocycles. The summed E-state index contributed by atoms with van der Waals surface area (Å²) in [5.41, 5.74) is 0.928. The van der Waals surface area contributed by atoms with E-state index in [1.165, 1.54) is 0 Å². The molecule has 5 nitrogen and oxygen atoms in total. The molecule has 20 heavy (non-hydrogen) atoms. The van der Waals surface area contributed by atoms with Crippen LogP contribution in [-0.4, -0.2) is 30.5 Å². The first kappa shape index (κ1) is 14.5. The molecule has 1 fully saturated rings. The molecule has 2 unspecified atom stereocenters. The first-order chi connectivity index (χ1) is 9.66. The Morgan fingerprint density at radius 2 is 2.15 bits per heavy atom. The number of carbonyl (C=O) groups is 2. The third-order valence-electron chi connectivity index (χ3n) is 3.31. The normalized spacial score (nSPS) is 19.4. The first-order valence-corrected chi connectivity index (χ1v) is 6.91. The van der Waals surface area contributed by atoms with Crippen molar-refractivity contribution >= 4 is 11.9 Å². The summed E-state index contributed by atoms with van der Waals surface area (Å²) in [5, 5.41) is 5.78. The molecule has 0 radical (unpaired) electrons. The van der Waals surface area contributed by atoms with E-state index in [0.29, 0.717) is 0 Å². The van der Waals surface area contributed by atoms with Crippen LogP contribution >= 0.6 is 0 Å². The quantitative estimate of drug-likeness (QED) is 0.787. The lowest BCUT2D eigenvalue weighted by molar-refractivity contribution is -0.148. The fourth-order valence-electron chi connectivity index (χ4n) is 2.13. The minimum absolute atomic E-state index is 0.133. The van der Waals surface area contributed by atoms with E-state index >= 15 is 0 Å². The zero-order chi connectivity index (χ0) is 14.4. The van der Waals surface area contributed by atoms with Gasteiger partial charge in [-0.05, 0) is 31.9 Å². The lowest BCUT2D eigenvalue weighted by Crippen LogP contribution is -2.47. The van der Waals surface area contributed by atoms with Gasteiger partial charge in [0.25, 0.3) is 0 Å². The van der Waals surface area contributed by atoms with E-state index in [1.807, 2.05) is 30.3 Å². The molecule has 1 aliphatic rings. The number of amides is 1. The Hall–Kier alpha value is -1.88. The minimum atomic E-state index is -0.631. The fourth-order valence-corrected chi connectivity index (χ4v) is 2.13. The molecule has 2 atom stereocenters. The van der Waals surface area contributed by atoms with Gasteiger partial charge in [-0.2, -0.15) is 0 Å². The molecule has 1 saturated heterocycles. The second kappa shape index (κ2) is 7.05. The lowest BCUT2D eigenvalue weighted by Gasteiger charge is -2.16. The molecule has 0 aliphatic carbocycles. The van der Waals surface area contributed by atoms with Crippen molar-refractivity contribution in [3.63, 3.8) is 0 Å². The van der Waals surface area contributed by atoms with Crippen LogP contribution in [0.15, 0.2) is 30.3 Å². The van der Waals surface area contributed by atoms with Crippen LogP contribution in [-0.2, 0) is 20.9 Å². The molecular formula is C15H20N2O3. The van der Waals surface area contributed by atoms with Crippen LogP contribution < -0.4 is 10.6 Å². The standard InChI is InChI=1S/C15H20N2O3/c1-11(17-14(18)13-8-5-9-16-13)15(19)20-10-12-6-3-2-4-7-12/h2-4,6-7,11,13,16H,5,8-10H2,1H3,(H,17,18). The highest BCUT2D eigenvalue weighted by atomic mass is 16.5. The molecule has 108 valence electrons. The molecular weight excluding hydrogens is 256 g/mol. The molecule has 0 saturated carbocycles. The Bertz CT molecular complexity index is 455. The van der Waals surface area contributed by atoms with Crippen molar-refractivity contribution in [3.05, 3.63) is 35.9 Å². The van der Waals surface area contributed by atoms with Crippen molar-refractivity contribution in [1.29, 1.82) is 0 Å². The number of esters is 1. The van der Waals surface area contributed by atoms with Gasteiger partial charge in [0.1, 0.15) is 12.6 Å². The summed E-state index contributed by atoms with van der Waals surface area (Å²) in [4.78, 5) is 23.7. The van der Waals surface area contributed by atoms with E-state index in [-0.39, 0.29) is 18.6 Å². The van der Waals surface area contributed by atoms with Crippen molar-refractivity contribution in [2.75, 3.05) is 6.54 Å². The van der Waals surface area contributed by atoms with Gasteiger partial charge in [0.15, 0.2) is 0 Å². The van der Waals surface area contributed by atoms with Gasteiger partial charge >= 0.3 is 5.97 Å². The summed E-state index contributed by atoms with van der Waals surface area (Å²) in [6, 6.07) is 8.65. The van der Waals surface area contributed by atoms with E-state index in [1.54, 1.807) is 6.92 Å². The molecule has 0 bridgehead atoms. The van der Waals surface area contributed by atoms with E-state index in [2.05, 4.69) is 10.6 Å². The van der Waals surface area contributed by atoms with E-state index in [4.69, 9.17) is 4.74 Å². The maximum atomic E-state index is 11.9. The Labute approximate surface area is 118 Å². The van der Waals surface area contributed by atoms with Crippen LogP contribution in [0, 0.1) is 0 Å². The van der Waals surface area contributed by atoms with E-state index < -0.39 is 12.0 Å². The van der Waals surface area contributed by atoms with Gasteiger partial charge in [-0.3, -0.25) is 4.79 Å². The van der Waals surface area contributed by atoms with Crippen LogP contribution in [0.5, 0.6) is 0 Å². The van der Waals surface area contributed by atoms with Gasteiger partial charge in [0, 0.05) is 0 Å². The average Bonchev–Trinajstić information content (AvgIpc) is 3.00. The molecule has 2 rings (SSSR count). The number of ether oxygens (including phenoxy) is 1. The molecule has 2 N–H and O–H groups in total. The van der Waals surface area contributed by atoms with Crippen molar-refractivity contribution in [2.24, 2.45) is 0 Å². The Kier molecular flexibility index (Phi) is 5.12. The topological polar surface area (TPSA) is 67.4 Å². The fraction of sp³-hybridized carbons (Fsp3) is 0.467. The van der Waals surface area contributed by atoms with E-state index in [0.717, 1.165) is 24.9 Å². The zero-order valence-electron chi connectivity index (χ0n) is 11.6. The first-order valence-electron chi connectivity index (χ1n) is 6.91. The molecule has 1 aromatic carbocycles. The van der Waals surface area contributed by atoms with Crippen molar-refractivity contribution in [3.8, 4) is 0 Å². The molecule has 1 aromatic rings. The monoisotopic (exact) mass is 276 g/mol. The molecule has 5 heteroatoms. The average molecular weight is 276 g/mol. The van der Waals surface area contributed by atoms with Gasteiger partial charge < -0.3 is 15.4 Å². The summed E-state index contributed by atoms with van der Waals surface area (Å²) in [6.45, 7) is 2.71.